The van der Waals surface area contributed by atoms with Gasteiger partial charge in [0, 0.05) is 22.0 Å². The summed E-state index contributed by atoms with van der Waals surface area (Å²) in [5.74, 6) is 0. The number of halogens is 25. The van der Waals surface area contributed by atoms with Gasteiger partial charge in [0.15, 0.2) is 0 Å². The third-order valence-corrected chi connectivity index (χ3v) is 16.3. The van der Waals surface area contributed by atoms with Gasteiger partial charge in [-0.2, -0.15) is 127 Å². The van der Waals surface area contributed by atoms with Gasteiger partial charge in [-0.15, -0.1) is 0 Å². The maximum Gasteiger partial charge on any atom is 0.416 e. The van der Waals surface area contributed by atoms with Crippen LogP contribution in [0.15, 0.2) is 97.1 Å². The van der Waals surface area contributed by atoms with Crippen LogP contribution in [0.1, 0.15) is 54.3 Å². The highest BCUT2D eigenvalue weighted by atomic mass is 127. The van der Waals surface area contributed by atoms with Crippen molar-refractivity contribution in [3.63, 3.8) is 0 Å². The molecule has 412 valence electrons. The zero-order valence-electron chi connectivity index (χ0n) is 36.0. The standard InChI is InChI=1S/C32H12BF24.C10H8IN2O4S2/c34-25(35,36)13-1-14(26(37,38)39)6-21(5-13)33(22-7-15(27(40,41)42)2-16(8-22)28(43,44)45,23-9-17(29(46,47)48)3-18(10-23)30(49,50)51)24-11-19(31(52,53)54)4-20(12-24)32(55,56)57;14-12(15)5-7-1-3-9(18-7)11-10-4-2-8(19-10)6-13(16)17/h1-12H;1-4H,5-6H2/q-1;+1. The molecule has 0 aliphatic carbocycles. The van der Waals surface area contributed by atoms with E-state index in [1.165, 1.54) is 22.7 Å². The lowest BCUT2D eigenvalue weighted by atomic mass is 9.12. The summed E-state index contributed by atoms with van der Waals surface area (Å²) in [5, 5.41) is 20.8. The predicted molar refractivity (Wildman–Crippen MR) is 218 cm³/mol. The first-order chi connectivity index (χ1) is 34.3. The molecule has 6 aromatic rings. The first-order valence-corrected chi connectivity index (χ1v) is 23.5. The Morgan fingerprint density at radius 1 is 0.342 bits per heavy atom. The molecule has 0 saturated carbocycles. The zero-order valence-corrected chi connectivity index (χ0v) is 39.8. The summed E-state index contributed by atoms with van der Waals surface area (Å²) in [6.45, 7) is -0.267. The monoisotopic (exact) mass is 1270 g/mol. The minimum absolute atomic E-state index is 0.134. The van der Waals surface area contributed by atoms with Crippen LogP contribution in [0.4, 0.5) is 105 Å². The molecule has 0 bridgehead atoms. The highest BCUT2D eigenvalue weighted by molar-refractivity contribution is 7.20. The van der Waals surface area contributed by atoms with E-state index in [2.05, 4.69) is 0 Å². The number of nitro groups is 2. The second kappa shape index (κ2) is 21.2. The van der Waals surface area contributed by atoms with E-state index in [4.69, 9.17) is 0 Å². The van der Waals surface area contributed by atoms with Gasteiger partial charge in [-0.25, -0.2) is 0 Å². The van der Waals surface area contributed by atoms with Crippen molar-refractivity contribution in [3.8, 4) is 0 Å². The van der Waals surface area contributed by atoms with Crippen LogP contribution >= 0.6 is 22.7 Å². The smallest absolute Gasteiger partial charge is 0.264 e. The number of benzene rings is 4. The van der Waals surface area contributed by atoms with E-state index in [1.54, 1.807) is 12.1 Å². The number of alkyl halides is 24. The number of hydrogen-bond donors (Lipinski definition) is 0. The van der Waals surface area contributed by atoms with Crippen LogP contribution in [0.3, 0.4) is 0 Å². The molecule has 0 amide bonds. The first kappa shape index (κ1) is 61.1. The topological polar surface area (TPSA) is 86.3 Å². The first-order valence-electron chi connectivity index (χ1n) is 19.7. The fraction of sp³-hybridized carbons (Fsp3) is 0.238. The molecular weight excluding hydrogens is 1250 g/mol. The Morgan fingerprint density at radius 2 is 0.526 bits per heavy atom. The molecule has 2 aromatic heterocycles. The van der Waals surface area contributed by atoms with E-state index in [1.807, 2.05) is 12.1 Å². The third kappa shape index (κ3) is 14.8. The Kier molecular flexibility index (Phi) is 17.0. The summed E-state index contributed by atoms with van der Waals surface area (Å²) in [4.78, 5) is 21.6. The summed E-state index contributed by atoms with van der Waals surface area (Å²) in [7, 11) is 0. The number of thiophene rings is 2. The van der Waals surface area contributed by atoms with Crippen molar-refractivity contribution in [1.29, 1.82) is 0 Å². The fourth-order valence-electron chi connectivity index (χ4n) is 7.39. The Balaban J connectivity index is 0.000000468. The van der Waals surface area contributed by atoms with Crippen LogP contribution in [0.25, 0.3) is 0 Å². The second-order valence-corrected chi connectivity index (χ2v) is 22.4. The molecule has 6 rings (SSSR count). The molecule has 4 aromatic carbocycles. The fourth-order valence-corrected chi connectivity index (χ4v) is 13.9. The molecule has 0 aliphatic heterocycles. The maximum absolute atomic E-state index is 14.2. The highest BCUT2D eigenvalue weighted by Crippen LogP contribution is 2.41. The van der Waals surface area contributed by atoms with Gasteiger partial charge in [0.25, 0.3) is 0 Å². The number of rotatable bonds is 10. The summed E-state index contributed by atoms with van der Waals surface area (Å²) >= 11 is 2.53. The van der Waals surface area contributed by atoms with Gasteiger partial charge in [-0.3, -0.25) is 20.2 Å². The Bertz CT molecular complexity index is 2620. The second-order valence-electron chi connectivity index (χ2n) is 15.7. The van der Waals surface area contributed by atoms with Crippen molar-refractivity contribution in [2.24, 2.45) is 0 Å². The summed E-state index contributed by atoms with van der Waals surface area (Å²) in [5.41, 5.74) is -30.2. The van der Waals surface area contributed by atoms with Gasteiger partial charge in [0.1, 0.15) is 6.15 Å². The van der Waals surface area contributed by atoms with E-state index < -0.39 is 195 Å². The van der Waals surface area contributed by atoms with Crippen molar-refractivity contribution in [3.05, 3.63) is 177 Å². The van der Waals surface area contributed by atoms with Crippen molar-refractivity contribution < 1.29 is 136 Å². The molecule has 0 fully saturated rings. The molecule has 0 saturated heterocycles. The molecule has 0 radical (unpaired) electrons. The average molecular weight is 1270 g/mol. The van der Waals surface area contributed by atoms with Crippen LogP contribution in [0.5, 0.6) is 0 Å². The molecule has 0 spiro atoms. The molecule has 0 aliphatic rings. The lowest BCUT2D eigenvalue weighted by Gasteiger charge is -2.46. The van der Waals surface area contributed by atoms with Crippen LogP contribution in [-0.4, -0.2) is 16.0 Å². The van der Waals surface area contributed by atoms with Crippen molar-refractivity contribution >= 4 is 50.7 Å². The largest absolute Gasteiger partial charge is 0.416 e. The van der Waals surface area contributed by atoms with Gasteiger partial charge in [-0.05, 0) is 36.4 Å². The molecule has 2 heterocycles. The van der Waals surface area contributed by atoms with Crippen molar-refractivity contribution in [2.45, 2.75) is 62.5 Å². The predicted octanol–water partition coefficient (Wildman–Crippen LogP) is 10.7. The zero-order chi connectivity index (χ0) is 57.7. The average Bonchev–Trinajstić information content (AvgIpc) is 3.89. The Hall–Kier alpha value is -5.81. The normalized spacial score (nSPS) is 13.4. The lowest BCUT2D eigenvalue weighted by Crippen LogP contribution is -3.61. The van der Waals surface area contributed by atoms with Gasteiger partial charge in [0.05, 0.1) is 54.3 Å². The summed E-state index contributed by atoms with van der Waals surface area (Å²) in [6, 6.07) is -1.40. The lowest BCUT2D eigenvalue weighted by molar-refractivity contribution is -0.585. The minimum Gasteiger partial charge on any atom is -0.264 e. The van der Waals surface area contributed by atoms with Gasteiger partial charge in [-0.1, -0.05) is 71.2 Å². The number of hydrogen-bond acceptors (Lipinski definition) is 6. The molecular formula is C42H20BF24IN2O4S2. The molecule has 0 N–H and O–H groups in total. The maximum atomic E-state index is 14.2. The van der Waals surface area contributed by atoms with Gasteiger partial charge in [0.2, 0.25) is 18.9 Å². The SMILES string of the molecule is FC(F)(F)c1cc([B-](c2cc(C(F)(F)F)cc(C(F)(F)F)c2)(c2cc(C(F)(F)F)cc(C(F)(F)F)c2)c2cc(C(F)(F)F)cc(C(F)(F)F)c2)cc(C(F)(F)F)c1.O=[N+]([O-])Cc1ccc([I+]c2ccc(C[N+](=O)[O-])s2)s1. The summed E-state index contributed by atoms with van der Waals surface area (Å²) in [6.07, 6.45) is -54.8. The highest BCUT2D eigenvalue weighted by Gasteiger charge is 2.47. The van der Waals surface area contributed by atoms with E-state index in [0.29, 0.717) is 0 Å². The quantitative estimate of drug-likeness (QED) is 0.0450. The molecule has 34 heteroatoms. The van der Waals surface area contributed by atoms with Crippen molar-refractivity contribution in [2.75, 3.05) is 0 Å². The van der Waals surface area contributed by atoms with Crippen LogP contribution in [0, 0.1) is 26.0 Å². The van der Waals surface area contributed by atoms with E-state index in [0.717, 1.165) is 15.5 Å². The summed E-state index contributed by atoms with van der Waals surface area (Å²) < 4.78 is 343. The minimum atomic E-state index is -6.13. The van der Waals surface area contributed by atoms with E-state index in [9.17, 15) is 126 Å². The van der Waals surface area contributed by atoms with Crippen LogP contribution < -0.4 is 43.1 Å². The molecule has 0 unspecified atom stereocenters. The molecule has 6 nitrogen and oxygen atoms in total. The Morgan fingerprint density at radius 3 is 0.684 bits per heavy atom. The van der Waals surface area contributed by atoms with Gasteiger partial charge >= 0.3 is 70.6 Å². The van der Waals surface area contributed by atoms with Gasteiger partial charge < -0.3 is 0 Å². The molecule has 0 atom stereocenters. The Labute approximate surface area is 425 Å². The van der Waals surface area contributed by atoms with Crippen LogP contribution in [-0.2, 0) is 62.5 Å². The van der Waals surface area contributed by atoms with E-state index >= 15 is 0 Å². The van der Waals surface area contributed by atoms with E-state index in [-0.39, 0.29) is 44.1 Å². The van der Waals surface area contributed by atoms with Crippen LogP contribution in [0.2, 0.25) is 0 Å². The third-order valence-electron chi connectivity index (χ3n) is 10.5. The molecule has 76 heavy (non-hydrogen) atoms. The number of nitrogens with zero attached hydrogens (tertiary/aromatic N) is 2. The van der Waals surface area contributed by atoms with Crippen molar-refractivity contribution in [1.82, 2.24) is 0 Å².